The lowest BCUT2D eigenvalue weighted by Gasteiger charge is -2.02. The topological polar surface area (TPSA) is 83.9 Å². The van der Waals surface area contributed by atoms with Crippen LogP contribution < -0.4 is 0 Å². The van der Waals surface area contributed by atoms with Gasteiger partial charge in [0.2, 0.25) is 0 Å². The second-order valence-corrected chi connectivity index (χ2v) is 4.05. The number of ether oxygens (including phenoxy) is 1. The quantitative estimate of drug-likeness (QED) is 0.433. The van der Waals surface area contributed by atoms with Crippen LogP contribution in [0.1, 0.15) is 0 Å². The van der Waals surface area contributed by atoms with Crippen LogP contribution in [-0.2, 0) is 4.74 Å². The molecule has 0 fully saturated rings. The van der Waals surface area contributed by atoms with E-state index in [1.807, 2.05) is 0 Å². The number of aliphatic hydroxyl groups is 1. The number of hydrogen-bond donors (Lipinski definition) is 2. The third kappa shape index (κ3) is 2.69. The number of thioether (sulfide) groups is 1. The van der Waals surface area contributed by atoms with E-state index in [0.717, 1.165) is 16.3 Å². The number of aliphatic hydroxyl groups excluding tert-OH is 1. The summed E-state index contributed by atoms with van der Waals surface area (Å²) in [6, 6.07) is 0. The third-order valence-electron chi connectivity index (χ3n) is 1.89. The van der Waals surface area contributed by atoms with E-state index < -0.39 is 0 Å². The van der Waals surface area contributed by atoms with Gasteiger partial charge in [0.1, 0.15) is 16.9 Å². The van der Waals surface area contributed by atoms with Crippen molar-refractivity contribution in [3.63, 3.8) is 0 Å². The lowest BCUT2D eigenvalue weighted by molar-refractivity contribution is 0.103. The van der Waals surface area contributed by atoms with Crippen molar-refractivity contribution in [3.8, 4) is 0 Å². The second kappa shape index (κ2) is 5.78. The summed E-state index contributed by atoms with van der Waals surface area (Å²) >= 11 is 1.58. The molecule has 0 bridgehead atoms. The van der Waals surface area contributed by atoms with Gasteiger partial charge in [-0.1, -0.05) is 0 Å². The first-order valence-electron chi connectivity index (χ1n) is 4.87. The highest BCUT2D eigenvalue weighted by atomic mass is 32.2. The molecule has 2 aromatic rings. The molecule has 2 heterocycles. The maximum Gasteiger partial charge on any atom is 0.181 e. The van der Waals surface area contributed by atoms with Crippen LogP contribution in [0.4, 0.5) is 0 Å². The molecule has 0 saturated carbocycles. The smallest absolute Gasteiger partial charge is 0.181 e. The van der Waals surface area contributed by atoms with E-state index in [2.05, 4.69) is 19.9 Å². The maximum absolute atomic E-state index is 8.53. The molecule has 0 atom stereocenters. The number of H-pyrrole nitrogens is 1. The molecule has 16 heavy (non-hydrogen) atoms. The Kier molecular flexibility index (Phi) is 4.09. The number of imidazole rings is 1. The number of fused-ring (bicyclic) bond motifs is 1. The monoisotopic (exact) mass is 240 g/mol. The summed E-state index contributed by atoms with van der Waals surface area (Å²) in [5, 5.41) is 9.40. The first-order chi connectivity index (χ1) is 7.92. The zero-order valence-corrected chi connectivity index (χ0v) is 9.40. The Bertz CT molecular complexity index is 448. The van der Waals surface area contributed by atoms with Crippen molar-refractivity contribution in [2.45, 2.75) is 5.03 Å². The van der Waals surface area contributed by atoms with Crippen LogP contribution in [0, 0.1) is 0 Å². The van der Waals surface area contributed by atoms with Crippen LogP contribution >= 0.6 is 11.8 Å². The van der Waals surface area contributed by atoms with Crippen molar-refractivity contribution in [3.05, 3.63) is 12.7 Å². The van der Waals surface area contributed by atoms with Crippen LogP contribution in [0.3, 0.4) is 0 Å². The van der Waals surface area contributed by atoms with Crippen molar-refractivity contribution in [1.82, 2.24) is 19.9 Å². The van der Waals surface area contributed by atoms with Gasteiger partial charge in [0.25, 0.3) is 0 Å². The molecule has 0 spiro atoms. The van der Waals surface area contributed by atoms with Crippen molar-refractivity contribution >= 4 is 22.9 Å². The van der Waals surface area contributed by atoms with Gasteiger partial charge in [-0.3, -0.25) is 0 Å². The number of hydrogen-bond acceptors (Lipinski definition) is 6. The fourth-order valence-corrected chi connectivity index (χ4v) is 2.03. The average molecular weight is 240 g/mol. The fraction of sp³-hybridized carbons (Fsp3) is 0.444. The standard InChI is InChI=1S/C9H12N4O2S/c14-1-2-15-3-4-16-9-7-8(11-5-10-7)12-6-13-9/h5-6,14H,1-4H2,(H,10,11,12,13). The van der Waals surface area contributed by atoms with Gasteiger partial charge in [-0.05, 0) is 0 Å². The molecule has 0 aliphatic rings. The van der Waals surface area contributed by atoms with Crippen molar-refractivity contribution in [1.29, 1.82) is 0 Å². The highest BCUT2D eigenvalue weighted by Gasteiger charge is 2.05. The van der Waals surface area contributed by atoms with Crippen molar-refractivity contribution in [2.24, 2.45) is 0 Å². The number of nitrogens with zero attached hydrogens (tertiary/aromatic N) is 3. The Labute approximate surface area is 96.5 Å². The van der Waals surface area contributed by atoms with Crippen LogP contribution in [0.15, 0.2) is 17.7 Å². The molecule has 0 radical (unpaired) electrons. The maximum atomic E-state index is 8.53. The summed E-state index contributed by atoms with van der Waals surface area (Å²) in [6.07, 6.45) is 3.10. The van der Waals surface area contributed by atoms with Crippen molar-refractivity contribution in [2.75, 3.05) is 25.6 Å². The molecule has 0 aliphatic carbocycles. The number of rotatable bonds is 6. The summed E-state index contributed by atoms with van der Waals surface area (Å²) in [7, 11) is 0. The van der Waals surface area contributed by atoms with E-state index in [0.29, 0.717) is 18.9 Å². The van der Waals surface area contributed by atoms with Gasteiger partial charge in [-0.25, -0.2) is 15.0 Å². The Morgan fingerprint density at radius 1 is 1.31 bits per heavy atom. The molecular weight excluding hydrogens is 228 g/mol. The summed E-state index contributed by atoms with van der Waals surface area (Å²) in [4.78, 5) is 15.3. The van der Waals surface area contributed by atoms with E-state index in [1.165, 1.54) is 6.33 Å². The SMILES string of the molecule is OCCOCCSc1ncnc2nc[nH]c12. The second-order valence-electron chi connectivity index (χ2n) is 2.96. The minimum atomic E-state index is 0.0585. The Morgan fingerprint density at radius 3 is 3.12 bits per heavy atom. The molecule has 7 heteroatoms. The average Bonchev–Trinajstić information content (AvgIpc) is 2.77. The summed E-state index contributed by atoms with van der Waals surface area (Å²) in [6.45, 7) is 1.03. The Balaban J connectivity index is 1.91. The Hall–Kier alpha value is -1.18. The molecule has 2 rings (SSSR count). The van der Waals surface area contributed by atoms with Crippen molar-refractivity contribution < 1.29 is 9.84 Å². The van der Waals surface area contributed by atoms with Gasteiger partial charge in [0.05, 0.1) is 26.1 Å². The number of aromatic nitrogens is 4. The lowest BCUT2D eigenvalue weighted by Crippen LogP contribution is -2.02. The normalized spacial score (nSPS) is 11.1. The minimum absolute atomic E-state index is 0.0585. The molecular formula is C9H12N4O2S. The largest absolute Gasteiger partial charge is 0.394 e. The summed E-state index contributed by atoms with van der Waals surface area (Å²) < 4.78 is 5.16. The van der Waals surface area contributed by atoms with E-state index in [1.54, 1.807) is 18.1 Å². The molecule has 0 aliphatic heterocycles. The molecule has 86 valence electrons. The van der Waals surface area contributed by atoms with E-state index in [9.17, 15) is 0 Å². The molecule has 0 saturated heterocycles. The first-order valence-corrected chi connectivity index (χ1v) is 5.86. The zero-order chi connectivity index (χ0) is 11.2. The van der Waals surface area contributed by atoms with Crippen LogP contribution in [-0.4, -0.2) is 50.6 Å². The molecule has 0 amide bonds. The predicted octanol–water partition coefficient (Wildman–Crippen LogP) is 0.454. The van der Waals surface area contributed by atoms with Crippen LogP contribution in [0.25, 0.3) is 11.2 Å². The summed E-state index contributed by atoms with van der Waals surface area (Å²) in [5.74, 6) is 0.783. The van der Waals surface area contributed by atoms with Gasteiger partial charge >= 0.3 is 0 Å². The lowest BCUT2D eigenvalue weighted by atomic mass is 10.6. The molecule has 0 aromatic carbocycles. The molecule has 2 aromatic heterocycles. The van der Waals surface area contributed by atoms with Gasteiger partial charge in [0.15, 0.2) is 5.65 Å². The van der Waals surface area contributed by atoms with Gasteiger partial charge in [-0.15, -0.1) is 11.8 Å². The van der Waals surface area contributed by atoms with E-state index >= 15 is 0 Å². The van der Waals surface area contributed by atoms with Crippen LogP contribution in [0.2, 0.25) is 0 Å². The van der Waals surface area contributed by atoms with Crippen LogP contribution in [0.5, 0.6) is 0 Å². The van der Waals surface area contributed by atoms with E-state index in [-0.39, 0.29) is 6.61 Å². The third-order valence-corrected chi connectivity index (χ3v) is 2.84. The fourth-order valence-electron chi connectivity index (χ4n) is 1.22. The Morgan fingerprint density at radius 2 is 2.25 bits per heavy atom. The highest BCUT2D eigenvalue weighted by Crippen LogP contribution is 2.21. The number of aromatic amines is 1. The zero-order valence-electron chi connectivity index (χ0n) is 8.59. The minimum Gasteiger partial charge on any atom is -0.394 e. The highest BCUT2D eigenvalue weighted by molar-refractivity contribution is 7.99. The summed E-state index contributed by atoms with van der Waals surface area (Å²) in [5.41, 5.74) is 1.53. The van der Waals surface area contributed by atoms with Gasteiger partial charge in [0, 0.05) is 5.75 Å². The first kappa shape index (κ1) is 11.3. The van der Waals surface area contributed by atoms with E-state index in [4.69, 9.17) is 9.84 Å². The number of nitrogens with one attached hydrogen (secondary N) is 1. The predicted molar refractivity (Wildman–Crippen MR) is 60.3 cm³/mol. The molecule has 0 unspecified atom stereocenters. The van der Waals surface area contributed by atoms with Gasteiger partial charge < -0.3 is 14.8 Å². The molecule has 6 nitrogen and oxygen atoms in total. The van der Waals surface area contributed by atoms with Gasteiger partial charge in [-0.2, -0.15) is 0 Å². The molecule has 2 N–H and O–H groups in total.